The number of allylic oxidation sites excluding steroid dienone is 18. The number of hydrogen-bond donors (Lipinski definition) is 1. The van der Waals surface area contributed by atoms with Gasteiger partial charge in [-0.15, -0.1) is 0 Å². The average molecular weight is 1030 g/mol. The van der Waals surface area contributed by atoms with Crippen LogP contribution in [0.25, 0.3) is 0 Å². The van der Waals surface area contributed by atoms with Crippen LogP contribution in [0.3, 0.4) is 0 Å². The van der Waals surface area contributed by atoms with Crippen LogP contribution in [0, 0.1) is 0 Å². The molecule has 0 aromatic rings. The third-order valence-corrected chi connectivity index (χ3v) is 13.6. The van der Waals surface area contributed by atoms with Crippen molar-refractivity contribution in [3.8, 4) is 0 Å². The van der Waals surface area contributed by atoms with Crippen molar-refractivity contribution in [2.24, 2.45) is 0 Å². The van der Waals surface area contributed by atoms with Crippen LogP contribution in [0.2, 0.25) is 0 Å². The Labute approximate surface area is 459 Å². The highest BCUT2D eigenvalue weighted by Gasteiger charge is 2.16. The summed E-state index contributed by atoms with van der Waals surface area (Å²) in [5.41, 5.74) is 0. The summed E-state index contributed by atoms with van der Waals surface area (Å²) < 4.78 is 10.7. The SMILES string of the molecule is CC/C=C\C/C=C\C/C=C\C/C=C\C/C=C\C/C=C\C/C=C\C/C=C\CCCCCCCCCCCCC(=O)OC(CO)COC(=O)CCCCCCCCCCCCCCC/C=C\CCCCCCCCCC. The molecule has 0 fully saturated rings. The molecule has 1 unspecified atom stereocenters. The Morgan fingerprint density at radius 3 is 0.892 bits per heavy atom. The Morgan fingerprint density at radius 2 is 0.581 bits per heavy atom. The van der Waals surface area contributed by atoms with Gasteiger partial charge >= 0.3 is 11.9 Å². The fourth-order valence-corrected chi connectivity index (χ4v) is 8.86. The zero-order valence-electron chi connectivity index (χ0n) is 48.6. The molecule has 0 spiro atoms. The molecule has 0 radical (unpaired) electrons. The van der Waals surface area contributed by atoms with Gasteiger partial charge < -0.3 is 14.6 Å². The zero-order valence-corrected chi connectivity index (χ0v) is 48.6. The maximum atomic E-state index is 12.3. The van der Waals surface area contributed by atoms with Gasteiger partial charge in [0, 0.05) is 12.8 Å². The molecular formula is C69H118O5. The van der Waals surface area contributed by atoms with E-state index >= 15 is 0 Å². The van der Waals surface area contributed by atoms with Gasteiger partial charge in [0.1, 0.15) is 6.61 Å². The van der Waals surface area contributed by atoms with Crippen LogP contribution in [-0.2, 0) is 19.1 Å². The molecule has 0 aliphatic rings. The zero-order chi connectivity index (χ0) is 53.4. The quantitative estimate of drug-likeness (QED) is 0.0373. The predicted octanol–water partition coefficient (Wildman–Crippen LogP) is 21.6. The Morgan fingerprint density at radius 1 is 0.324 bits per heavy atom. The minimum absolute atomic E-state index is 0.0704. The smallest absolute Gasteiger partial charge is 0.306 e. The van der Waals surface area contributed by atoms with Crippen LogP contribution in [0.5, 0.6) is 0 Å². The van der Waals surface area contributed by atoms with Gasteiger partial charge in [0.15, 0.2) is 6.10 Å². The van der Waals surface area contributed by atoms with Crippen molar-refractivity contribution in [3.05, 3.63) is 109 Å². The number of carbonyl (C=O) groups is 2. The van der Waals surface area contributed by atoms with E-state index in [1.54, 1.807) is 0 Å². The normalized spacial score (nSPS) is 13.0. The van der Waals surface area contributed by atoms with E-state index in [0.29, 0.717) is 12.8 Å². The van der Waals surface area contributed by atoms with Gasteiger partial charge in [0.25, 0.3) is 0 Å². The van der Waals surface area contributed by atoms with Crippen LogP contribution in [0.15, 0.2) is 109 Å². The number of aliphatic hydroxyl groups excluding tert-OH is 1. The molecule has 0 saturated carbocycles. The summed E-state index contributed by atoms with van der Waals surface area (Å²) in [6.07, 6.45) is 92.2. The maximum absolute atomic E-state index is 12.3. The molecule has 1 atom stereocenters. The van der Waals surface area contributed by atoms with Gasteiger partial charge in [0.05, 0.1) is 6.61 Å². The Balaban J connectivity index is 3.53. The van der Waals surface area contributed by atoms with Crippen molar-refractivity contribution in [1.82, 2.24) is 0 Å². The van der Waals surface area contributed by atoms with E-state index in [1.165, 1.54) is 180 Å². The average Bonchev–Trinajstić information content (AvgIpc) is 3.40. The molecule has 0 aromatic carbocycles. The highest BCUT2D eigenvalue weighted by Crippen LogP contribution is 2.16. The highest BCUT2D eigenvalue weighted by molar-refractivity contribution is 5.70. The highest BCUT2D eigenvalue weighted by atomic mass is 16.6. The topological polar surface area (TPSA) is 72.8 Å². The van der Waals surface area contributed by atoms with Crippen LogP contribution < -0.4 is 0 Å². The Hall–Kier alpha value is -3.44. The summed E-state index contributed by atoms with van der Waals surface area (Å²) in [6.45, 7) is 4.05. The molecule has 0 rings (SSSR count). The number of aliphatic hydroxyl groups is 1. The lowest BCUT2D eigenvalue weighted by Crippen LogP contribution is -2.28. The molecule has 0 saturated heterocycles. The van der Waals surface area contributed by atoms with Crippen LogP contribution in [0.4, 0.5) is 0 Å². The first-order valence-electron chi connectivity index (χ1n) is 31.4. The van der Waals surface area contributed by atoms with Crippen LogP contribution in [0.1, 0.15) is 296 Å². The molecule has 0 bridgehead atoms. The summed E-state index contributed by atoms with van der Waals surface area (Å²) in [5.74, 6) is -0.591. The maximum Gasteiger partial charge on any atom is 0.306 e. The fourth-order valence-electron chi connectivity index (χ4n) is 8.86. The molecule has 424 valence electrons. The van der Waals surface area contributed by atoms with Crippen molar-refractivity contribution >= 4 is 11.9 Å². The third kappa shape index (κ3) is 61.1. The largest absolute Gasteiger partial charge is 0.462 e. The van der Waals surface area contributed by atoms with Crippen LogP contribution in [-0.4, -0.2) is 36.4 Å². The van der Waals surface area contributed by atoms with E-state index in [4.69, 9.17) is 9.47 Å². The summed E-state index contributed by atoms with van der Waals surface area (Å²) in [5, 5.41) is 9.68. The number of hydrogen-bond acceptors (Lipinski definition) is 5. The van der Waals surface area contributed by atoms with E-state index in [0.717, 1.165) is 89.9 Å². The summed E-state index contributed by atoms with van der Waals surface area (Å²) in [4.78, 5) is 24.6. The molecule has 0 heterocycles. The molecule has 0 aliphatic heterocycles. The monoisotopic (exact) mass is 1030 g/mol. The second kappa shape index (κ2) is 63.8. The van der Waals surface area contributed by atoms with E-state index in [9.17, 15) is 14.7 Å². The van der Waals surface area contributed by atoms with Gasteiger partial charge in [-0.25, -0.2) is 0 Å². The lowest BCUT2D eigenvalue weighted by molar-refractivity contribution is -0.161. The molecule has 0 aliphatic carbocycles. The van der Waals surface area contributed by atoms with E-state index in [2.05, 4.69) is 123 Å². The van der Waals surface area contributed by atoms with E-state index in [-0.39, 0.29) is 25.2 Å². The summed E-state index contributed by atoms with van der Waals surface area (Å²) >= 11 is 0. The molecule has 1 N–H and O–H groups in total. The second-order valence-electron chi connectivity index (χ2n) is 20.8. The Bertz CT molecular complexity index is 1440. The van der Waals surface area contributed by atoms with Gasteiger partial charge in [0.2, 0.25) is 0 Å². The second-order valence-corrected chi connectivity index (χ2v) is 20.8. The van der Waals surface area contributed by atoms with Crippen LogP contribution >= 0.6 is 0 Å². The van der Waals surface area contributed by atoms with E-state index in [1.807, 2.05) is 0 Å². The minimum atomic E-state index is -0.781. The standard InChI is InChI=1S/C69H118O5/c1-3-5-7-9-11-13-15-17-19-21-23-25-27-29-30-31-32-33-34-35-36-37-38-40-42-44-46-48-50-52-54-56-58-60-62-64-69(72)74-67(65-70)66-73-68(71)63-61-59-57-55-53-51-49-47-45-43-41-39-28-26-24-22-20-18-16-14-12-10-8-6-4-2/h5,7,11,13,17,19,22-25,29-30,32-33,35-36,38,40,67,70H,3-4,6,8-10,12,14-16,18,20-21,26-28,31,34,37,39,41-66H2,1-2H3/b7-5-,13-11-,19-17-,24-22-,25-23-,30-29-,33-32-,36-35-,40-38-. The van der Waals surface area contributed by atoms with Gasteiger partial charge in [-0.05, 0) is 103 Å². The summed E-state index contributed by atoms with van der Waals surface area (Å²) in [6, 6.07) is 0. The van der Waals surface area contributed by atoms with Gasteiger partial charge in [-0.1, -0.05) is 290 Å². The molecular weight excluding hydrogens is 909 g/mol. The number of esters is 2. The first kappa shape index (κ1) is 70.6. The molecule has 0 aromatic heterocycles. The summed E-state index contributed by atoms with van der Waals surface area (Å²) in [7, 11) is 0. The minimum Gasteiger partial charge on any atom is -0.462 e. The van der Waals surface area contributed by atoms with Crippen molar-refractivity contribution in [2.45, 2.75) is 302 Å². The molecule has 74 heavy (non-hydrogen) atoms. The molecule has 5 nitrogen and oxygen atoms in total. The number of ether oxygens (including phenoxy) is 2. The third-order valence-electron chi connectivity index (χ3n) is 13.6. The molecule has 0 amide bonds. The van der Waals surface area contributed by atoms with Crippen molar-refractivity contribution in [2.75, 3.05) is 13.2 Å². The first-order chi connectivity index (χ1) is 36.6. The van der Waals surface area contributed by atoms with Crippen molar-refractivity contribution in [3.63, 3.8) is 0 Å². The van der Waals surface area contributed by atoms with E-state index < -0.39 is 6.10 Å². The fraction of sp³-hybridized carbons (Fsp3) is 0.710. The predicted molar refractivity (Wildman–Crippen MR) is 325 cm³/mol. The lowest BCUT2D eigenvalue weighted by Gasteiger charge is -2.15. The Kier molecular flexibility index (Phi) is 60.9. The molecule has 5 heteroatoms. The van der Waals surface area contributed by atoms with Crippen molar-refractivity contribution in [1.29, 1.82) is 0 Å². The number of carbonyl (C=O) groups excluding carboxylic acids is 2. The lowest BCUT2D eigenvalue weighted by atomic mass is 10.0. The first-order valence-corrected chi connectivity index (χ1v) is 31.4. The van der Waals surface area contributed by atoms with Gasteiger partial charge in [-0.3, -0.25) is 9.59 Å². The van der Waals surface area contributed by atoms with Crippen molar-refractivity contribution < 1.29 is 24.2 Å². The van der Waals surface area contributed by atoms with Gasteiger partial charge in [-0.2, -0.15) is 0 Å². The number of unbranched alkanes of at least 4 members (excludes halogenated alkanes) is 31. The number of rotatable bonds is 57.